The Hall–Kier alpha value is -0.870. The molecule has 2 rings (SSSR count). The van der Waals surface area contributed by atoms with Crippen LogP contribution in [0, 0.1) is 11.8 Å². The van der Waals surface area contributed by atoms with Crippen LogP contribution in [0.2, 0.25) is 0 Å². The van der Waals surface area contributed by atoms with Crippen molar-refractivity contribution in [3.05, 3.63) is 0 Å². The third kappa shape index (κ3) is 4.82. The lowest BCUT2D eigenvalue weighted by Crippen LogP contribution is -2.56. The molecule has 2 aliphatic rings. The van der Waals surface area contributed by atoms with Crippen molar-refractivity contribution in [2.45, 2.75) is 32.9 Å². The maximum atomic E-state index is 12.7. The monoisotopic (exact) mass is 371 g/mol. The van der Waals surface area contributed by atoms with E-state index in [1.807, 2.05) is 13.8 Å². The number of nitrogens with zero attached hydrogens (tertiary/aromatic N) is 3. The van der Waals surface area contributed by atoms with Crippen LogP contribution >= 0.6 is 0 Å². The topological polar surface area (TPSA) is 60.9 Å². The number of piperazine rings is 1. The van der Waals surface area contributed by atoms with Crippen LogP contribution in [0.3, 0.4) is 0 Å². The van der Waals surface area contributed by atoms with Gasteiger partial charge in [-0.25, -0.2) is 0 Å². The number of rotatable bonds is 3. The molecule has 0 saturated carbocycles. The standard InChI is InChI=1S/C14H24F3N3O3S/c1-11-7-12(2)10-20(9-11)24(22,23)19-5-3-18(4-6-19)13(21)8-14(15,16)17/h11-12H,3-10H2,1-2H3. The maximum Gasteiger partial charge on any atom is 0.397 e. The van der Waals surface area contributed by atoms with Crippen LogP contribution < -0.4 is 0 Å². The number of piperidine rings is 1. The summed E-state index contributed by atoms with van der Waals surface area (Å²) in [7, 11) is -3.63. The minimum absolute atomic E-state index is 0.00685. The summed E-state index contributed by atoms with van der Waals surface area (Å²) in [5, 5.41) is 0. The molecule has 1 amide bonds. The lowest BCUT2D eigenvalue weighted by molar-refractivity contribution is -0.162. The summed E-state index contributed by atoms with van der Waals surface area (Å²) in [5.41, 5.74) is 0. The fourth-order valence-electron chi connectivity index (χ4n) is 3.41. The van der Waals surface area contributed by atoms with E-state index in [1.165, 1.54) is 8.61 Å². The maximum absolute atomic E-state index is 12.7. The molecule has 24 heavy (non-hydrogen) atoms. The van der Waals surface area contributed by atoms with Crippen LogP contribution in [0.25, 0.3) is 0 Å². The molecule has 2 fully saturated rings. The molecule has 2 heterocycles. The quantitative estimate of drug-likeness (QED) is 0.752. The van der Waals surface area contributed by atoms with Gasteiger partial charge in [-0.15, -0.1) is 0 Å². The number of hydrogen-bond donors (Lipinski definition) is 0. The van der Waals surface area contributed by atoms with E-state index >= 15 is 0 Å². The predicted molar refractivity (Wildman–Crippen MR) is 82.3 cm³/mol. The molecule has 0 spiro atoms. The van der Waals surface area contributed by atoms with Crippen LogP contribution in [-0.2, 0) is 15.0 Å². The van der Waals surface area contributed by atoms with E-state index in [1.54, 1.807) is 0 Å². The van der Waals surface area contributed by atoms with Gasteiger partial charge in [-0.05, 0) is 18.3 Å². The molecule has 2 saturated heterocycles. The second-order valence-corrected chi connectivity index (χ2v) is 8.77. The normalized spacial score (nSPS) is 28.1. The number of alkyl halides is 3. The van der Waals surface area contributed by atoms with E-state index in [2.05, 4.69) is 0 Å². The van der Waals surface area contributed by atoms with E-state index in [9.17, 15) is 26.4 Å². The van der Waals surface area contributed by atoms with Crippen molar-refractivity contribution in [3.8, 4) is 0 Å². The summed E-state index contributed by atoms with van der Waals surface area (Å²) in [6.07, 6.45) is -5.06. The van der Waals surface area contributed by atoms with Crippen molar-refractivity contribution in [1.82, 2.24) is 13.5 Å². The summed E-state index contributed by atoms with van der Waals surface area (Å²) in [4.78, 5) is 12.7. The average Bonchev–Trinajstić information content (AvgIpc) is 2.44. The van der Waals surface area contributed by atoms with Gasteiger partial charge in [0.2, 0.25) is 5.91 Å². The van der Waals surface area contributed by atoms with Gasteiger partial charge in [-0.3, -0.25) is 4.79 Å². The second kappa shape index (κ2) is 7.17. The molecule has 0 aromatic heterocycles. The van der Waals surface area contributed by atoms with Gasteiger partial charge in [0.05, 0.1) is 0 Å². The molecule has 2 atom stereocenters. The van der Waals surface area contributed by atoms with Gasteiger partial charge in [0.25, 0.3) is 10.2 Å². The van der Waals surface area contributed by atoms with E-state index < -0.39 is 28.7 Å². The first-order valence-corrected chi connectivity index (χ1v) is 9.48. The number of hydrogen-bond acceptors (Lipinski definition) is 3. The molecule has 0 aromatic rings. The van der Waals surface area contributed by atoms with Crippen molar-refractivity contribution in [3.63, 3.8) is 0 Å². The highest BCUT2D eigenvalue weighted by Crippen LogP contribution is 2.26. The van der Waals surface area contributed by atoms with Gasteiger partial charge in [0, 0.05) is 39.3 Å². The number of amides is 1. The Morgan fingerprint density at radius 3 is 1.96 bits per heavy atom. The summed E-state index contributed by atoms with van der Waals surface area (Å²) in [6.45, 7) is 4.98. The molecule has 0 radical (unpaired) electrons. The zero-order valence-electron chi connectivity index (χ0n) is 13.9. The highest BCUT2D eigenvalue weighted by atomic mass is 32.2. The van der Waals surface area contributed by atoms with Crippen LogP contribution in [0.5, 0.6) is 0 Å². The number of halogens is 3. The van der Waals surface area contributed by atoms with Crippen LogP contribution in [0.4, 0.5) is 13.2 Å². The Morgan fingerprint density at radius 2 is 1.50 bits per heavy atom. The second-order valence-electron chi connectivity index (χ2n) is 6.84. The van der Waals surface area contributed by atoms with E-state index in [0.29, 0.717) is 13.1 Å². The predicted octanol–water partition coefficient (Wildman–Crippen LogP) is 1.31. The third-order valence-corrected chi connectivity index (χ3v) is 6.40. The van der Waals surface area contributed by atoms with Gasteiger partial charge in [0.15, 0.2) is 0 Å². The molecule has 2 aliphatic heterocycles. The van der Waals surface area contributed by atoms with Gasteiger partial charge < -0.3 is 4.90 Å². The molecule has 140 valence electrons. The van der Waals surface area contributed by atoms with E-state index in [-0.39, 0.29) is 38.0 Å². The van der Waals surface area contributed by atoms with Crippen molar-refractivity contribution >= 4 is 16.1 Å². The summed E-state index contributed by atoms with van der Waals surface area (Å²) < 4.78 is 65.0. The van der Waals surface area contributed by atoms with Crippen molar-refractivity contribution in [2.24, 2.45) is 11.8 Å². The van der Waals surface area contributed by atoms with E-state index in [4.69, 9.17) is 0 Å². The molecular formula is C14H24F3N3O3S. The Bertz CT molecular complexity index is 549. The third-order valence-electron chi connectivity index (χ3n) is 4.43. The summed E-state index contributed by atoms with van der Waals surface area (Å²) >= 11 is 0. The van der Waals surface area contributed by atoms with Crippen LogP contribution in [0.15, 0.2) is 0 Å². The first-order valence-electron chi connectivity index (χ1n) is 8.09. The van der Waals surface area contributed by atoms with Gasteiger partial charge in [-0.2, -0.15) is 30.2 Å². The van der Waals surface area contributed by atoms with Crippen molar-refractivity contribution in [2.75, 3.05) is 39.3 Å². The number of carbonyl (C=O) groups excluding carboxylic acids is 1. The minimum atomic E-state index is -4.54. The average molecular weight is 371 g/mol. The minimum Gasteiger partial charge on any atom is -0.340 e. The molecular weight excluding hydrogens is 347 g/mol. The Labute approximate surface area is 140 Å². The molecule has 10 heteroatoms. The summed E-state index contributed by atoms with van der Waals surface area (Å²) in [6, 6.07) is 0. The Balaban J connectivity index is 1.94. The van der Waals surface area contributed by atoms with Crippen molar-refractivity contribution in [1.29, 1.82) is 0 Å². The smallest absolute Gasteiger partial charge is 0.340 e. The fraction of sp³-hybridized carbons (Fsp3) is 0.929. The molecule has 0 bridgehead atoms. The van der Waals surface area contributed by atoms with Gasteiger partial charge in [-0.1, -0.05) is 13.8 Å². The molecule has 0 aromatic carbocycles. The molecule has 0 N–H and O–H groups in total. The summed E-state index contributed by atoms with van der Waals surface area (Å²) in [5.74, 6) is -0.448. The van der Waals surface area contributed by atoms with Crippen molar-refractivity contribution < 1.29 is 26.4 Å². The van der Waals surface area contributed by atoms with Crippen LogP contribution in [-0.4, -0.2) is 73.3 Å². The van der Waals surface area contributed by atoms with Gasteiger partial charge >= 0.3 is 6.18 Å². The molecule has 0 aliphatic carbocycles. The largest absolute Gasteiger partial charge is 0.397 e. The van der Waals surface area contributed by atoms with Gasteiger partial charge in [0.1, 0.15) is 6.42 Å². The van der Waals surface area contributed by atoms with Crippen LogP contribution in [0.1, 0.15) is 26.7 Å². The lowest BCUT2D eigenvalue weighted by atomic mass is 9.94. The van der Waals surface area contributed by atoms with E-state index in [0.717, 1.165) is 11.3 Å². The molecule has 2 unspecified atom stereocenters. The lowest BCUT2D eigenvalue weighted by Gasteiger charge is -2.40. The highest BCUT2D eigenvalue weighted by Gasteiger charge is 2.38. The first-order chi connectivity index (χ1) is 11.0. The number of carbonyl (C=O) groups is 1. The fourth-order valence-corrected chi connectivity index (χ4v) is 5.25. The SMILES string of the molecule is CC1CC(C)CN(S(=O)(=O)N2CCN(C(=O)CC(F)(F)F)CC2)C1. The molecule has 6 nitrogen and oxygen atoms in total. The zero-order chi connectivity index (χ0) is 18.1. The Morgan fingerprint density at radius 1 is 1.00 bits per heavy atom. The Kier molecular flexibility index (Phi) is 5.81. The highest BCUT2D eigenvalue weighted by molar-refractivity contribution is 7.86. The first kappa shape index (κ1) is 19.5. The zero-order valence-corrected chi connectivity index (χ0v) is 14.7.